The van der Waals surface area contributed by atoms with Gasteiger partial charge in [-0.05, 0) is 50.1 Å². The molecule has 1 aliphatic rings. The average molecular weight is 264 g/mol. The number of halogens is 1. The van der Waals surface area contributed by atoms with Gasteiger partial charge in [-0.3, -0.25) is 4.79 Å². The summed E-state index contributed by atoms with van der Waals surface area (Å²) >= 11 is 0. The predicted octanol–water partition coefficient (Wildman–Crippen LogP) is 2.35. The zero-order chi connectivity index (χ0) is 13.8. The number of likely N-dealkylation sites (N-methyl/N-ethyl adjacent to an activating group) is 1. The molecule has 19 heavy (non-hydrogen) atoms. The van der Waals surface area contributed by atoms with Gasteiger partial charge in [0.15, 0.2) is 0 Å². The Kier molecular flexibility index (Phi) is 4.53. The SMILES string of the molecule is Cc1cc(F)cc(C(=O)N(C)CC2CCCCN2)c1. The van der Waals surface area contributed by atoms with Crippen LogP contribution in [0.3, 0.4) is 0 Å². The molecule has 0 radical (unpaired) electrons. The molecule has 1 amide bonds. The molecule has 104 valence electrons. The van der Waals surface area contributed by atoms with E-state index < -0.39 is 0 Å². The molecule has 0 aromatic heterocycles. The first kappa shape index (κ1) is 14.0. The van der Waals surface area contributed by atoms with Crippen molar-refractivity contribution in [1.29, 1.82) is 0 Å². The summed E-state index contributed by atoms with van der Waals surface area (Å²) in [6.45, 7) is 3.49. The standard InChI is InChI=1S/C15H21FN2O/c1-11-7-12(9-13(16)8-11)15(19)18(2)10-14-5-3-4-6-17-14/h7-9,14,17H,3-6,10H2,1-2H3. The molecule has 2 rings (SSSR count). The second kappa shape index (κ2) is 6.15. The van der Waals surface area contributed by atoms with E-state index in [0.29, 0.717) is 18.2 Å². The number of carbonyl (C=O) groups excluding carboxylic acids is 1. The number of nitrogens with one attached hydrogen (secondary N) is 1. The summed E-state index contributed by atoms with van der Waals surface area (Å²) in [5.41, 5.74) is 1.20. The second-order valence-corrected chi connectivity index (χ2v) is 5.35. The molecule has 1 aliphatic heterocycles. The lowest BCUT2D eigenvalue weighted by molar-refractivity contribution is 0.0775. The summed E-state index contributed by atoms with van der Waals surface area (Å²) < 4.78 is 13.3. The zero-order valence-electron chi connectivity index (χ0n) is 11.6. The lowest BCUT2D eigenvalue weighted by Crippen LogP contribution is -2.44. The fraction of sp³-hybridized carbons (Fsp3) is 0.533. The van der Waals surface area contributed by atoms with E-state index in [-0.39, 0.29) is 11.7 Å². The third-order valence-electron chi connectivity index (χ3n) is 3.54. The van der Waals surface area contributed by atoms with E-state index in [1.807, 2.05) is 0 Å². The summed E-state index contributed by atoms with van der Waals surface area (Å²) in [6, 6.07) is 4.83. The topological polar surface area (TPSA) is 32.3 Å². The predicted molar refractivity (Wildman–Crippen MR) is 73.7 cm³/mol. The quantitative estimate of drug-likeness (QED) is 0.909. The summed E-state index contributed by atoms with van der Waals surface area (Å²) in [4.78, 5) is 13.9. The molecular formula is C15H21FN2O. The van der Waals surface area contributed by atoms with E-state index in [1.165, 1.54) is 25.0 Å². The van der Waals surface area contributed by atoms with Crippen LogP contribution in [0.5, 0.6) is 0 Å². The van der Waals surface area contributed by atoms with E-state index in [0.717, 1.165) is 18.5 Å². The molecule has 0 bridgehead atoms. The maximum atomic E-state index is 13.3. The first-order chi connectivity index (χ1) is 9.06. The number of carbonyl (C=O) groups is 1. The molecule has 1 saturated heterocycles. The Balaban J connectivity index is 2.01. The minimum atomic E-state index is -0.354. The molecular weight excluding hydrogens is 243 g/mol. The number of rotatable bonds is 3. The van der Waals surface area contributed by atoms with Gasteiger partial charge in [-0.1, -0.05) is 6.42 Å². The van der Waals surface area contributed by atoms with Crippen molar-refractivity contribution in [3.63, 3.8) is 0 Å². The van der Waals surface area contributed by atoms with Crippen LogP contribution in [0.15, 0.2) is 18.2 Å². The smallest absolute Gasteiger partial charge is 0.253 e. The minimum Gasteiger partial charge on any atom is -0.340 e. The fourth-order valence-electron chi connectivity index (χ4n) is 2.57. The van der Waals surface area contributed by atoms with Crippen molar-refractivity contribution in [3.05, 3.63) is 35.1 Å². The van der Waals surface area contributed by atoms with Crippen LogP contribution in [0.25, 0.3) is 0 Å². The number of benzene rings is 1. The van der Waals surface area contributed by atoms with Gasteiger partial charge in [0, 0.05) is 25.2 Å². The Labute approximate surface area is 113 Å². The summed E-state index contributed by atoms with van der Waals surface area (Å²) in [6.07, 6.45) is 3.51. The fourth-order valence-corrected chi connectivity index (χ4v) is 2.57. The number of piperidine rings is 1. The zero-order valence-corrected chi connectivity index (χ0v) is 11.6. The van der Waals surface area contributed by atoms with Gasteiger partial charge in [0.1, 0.15) is 5.82 Å². The van der Waals surface area contributed by atoms with E-state index in [1.54, 1.807) is 24.9 Å². The molecule has 4 heteroatoms. The molecule has 0 spiro atoms. The highest BCUT2D eigenvalue weighted by Crippen LogP contribution is 2.13. The lowest BCUT2D eigenvalue weighted by Gasteiger charge is -2.28. The summed E-state index contributed by atoms with van der Waals surface area (Å²) in [5, 5.41) is 3.41. The molecule has 1 aromatic rings. The molecule has 0 saturated carbocycles. The Hall–Kier alpha value is -1.42. The van der Waals surface area contributed by atoms with Crippen molar-refractivity contribution in [1.82, 2.24) is 10.2 Å². The highest BCUT2D eigenvalue weighted by Gasteiger charge is 2.19. The number of hydrogen-bond acceptors (Lipinski definition) is 2. The van der Waals surface area contributed by atoms with Crippen LogP contribution in [-0.2, 0) is 0 Å². The first-order valence-electron chi connectivity index (χ1n) is 6.82. The van der Waals surface area contributed by atoms with Gasteiger partial charge < -0.3 is 10.2 Å². The van der Waals surface area contributed by atoms with Gasteiger partial charge in [-0.25, -0.2) is 4.39 Å². The monoisotopic (exact) mass is 264 g/mol. The van der Waals surface area contributed by atoms with Crippen LogP contribution in [-0.4, -0.2) is 37.0 Å². The van der Waals surface area contributed by atoms with Gasteiger partial charge >= 0.3 is 0 Å². The minimum absolute atomic E-state index is 0.116. The molecule has 0 aliphatic carbocycles. The Bertz CT molecular complexity index is 435. The number of nitrogens with zero attached hydrogens (tertiary/aromatic N) is 1. The van der Waals surface area contributed by atoms with Crippen molar-refractivity contribution < 1.29 is 9.18 Å². The average Bonchev–Trinajstić information content (AvgIpc) is 2.37. The molecule has 1 fully saturated rings. The van der Waals surface area contributed by atoms with E-state index in [4.69, 9.17) is 0 Å². The van der Waals surface area contributed by atoms with Crippen LogP contribution in [0, 0.1) is 12.7 Å². The highest BCUT2D eigenvalue weighted by atomic mass is 19.1. The van der Waals surface area contributed by atoms with Crippen LogP contribution in [0.2, 0.25) is 0 Å². The van der Waals surface area contributed by atoms with Crippen LogP contribution in [0.1, 0.15) is 35.2 Å². The van der Waals surface area contributed by atoms with Gasteiger partial charge in [-0.2, -0.15) is 0 Å². The summed E-state index contributed by atoms with van der Waals surface area (Å²) in [7, 11) is 1.78. The van der Waals surface area contributed by atoms with Crippen molar-refractivity contribution in [2.45, 2.75) is 32.2 Å². The lowest BCUT2D eigenvalue weighted by atomic mass is 10.0. The maximum Gasteiger partial charge on any atom is 0.253 e. The molecule has 1 atom stereocenters. The van der Waals surface area contributed by atoms with Crippen molar-refractivity contribution in [2.75, 3.05) is 20.1 Å². The molecule has 3 nitrogen and oxygen atoms in total. The van der Waals surface area contributed by atoms with Crippen LogP contribution < -0.4 is 5.32 Å². The Morgan fingerprint density at radius 3 is 2.84 bits per heavy atom. The third-order valence-corrected chi connectivity index (χ3v) is 3.54. The number of amides is 1. The molecule has 1 heterocycles. The van der Waals surface area contributed by atoms with Crippen LogP contribution >= 0.6 is 0 Å². The molecule has 1 aromatic carbocycles. The van der Waals surface area contributed by atoms with E-state index in [9.17, 15) is 9.18 Å². The van der Waals surface area contributed by atoms with Crippen molar-refractivity contribution >= 4 is 5.91 Å². The summed E-state index contributed by atoms with van der Waals surface area (Å²) in [5.74, 6) is -0.470. The molecule has 1 unspecified atom stereocenters. The molecule has 1 N–H and O–H groups in total. The van der Waals surface area contributed by atoms with Crippen molar-refractivity contribution in [3.8, 4) is 0 Å². The Morgan fingerprint density at radius 1 is 1.42 bits per heavy atom. The Morgan fingerprint density at radius 2 is 2.21 bits per heavy atom. The van der Waals surface area contributed by atoms with Gasteiger partial charge in [-0.15, -0.1) is 0 Å². The second-order valence-electron chi connectivity index (χ2n) is 5.35. The van der Waals surface area contributed by atoms with Gasteiger partial charge in [0.25, 0.3) is 5.91 Å². The first-order valence-corrected chi connectivity index (χ1v) is 6.82. The van der Waals surface area contributed by atoms with Gasteiger partial charge in [0.05, 0.1) is 0 Å². The van der Waals surface area contributed by atoms with E-state index in [2.05, 4.69) is 5.32 Å². The number of aryl methyl sites for hydroxylation is 1. The maximum absolute atomic E-state index is 13.3. The van der Waals surface area contributed by atoms with Gasteiger partial charge in [0.2, 0.25) is 0 Å². The largest absolute Gasteiger partial charge is 0.340 e. The normalized spacial score (nSPS) is 19.2. The van der Waals surface area contributed by atoms with Crippen LogP contribution in [0.4, 0.5) is 4.39 Å². The third kappa shape index (κ3) is 3.77. The van der Waals surface area contributed by atoms with E-state index >= 15 is 0 Å². The van der Waals surface area contributed by atoms with Crippen molar-refractivity contribution in [2.24, 2.45) is 0 Å². The number of hydrogen-bond donors (Lipinski definition) is 1. The highest BCUT2D eigenvalue weighted by molar-refractivity contribution is 5.94.